The average Bonchev–Trinajstić information content (AvgIpc) is 2.54. The van der Waals surface area contributed by atoms with Crippen molar-refractivity contribution in [3.63, 3.8) is 0 Å². The number of nitrogens with zero attached hydrogens (tertiary/aromatic N) is 1. The molecule has 6 heteroatoms. The summed E-state index contributed by atoms with van der Waals surface area (Å²) in [7, 11) is 3.43. The van der Waals surface area contributed by atoms with Gasteiger partial charge in [-0.05, 0) is 43.3 Å². The molecular weight excluding hydrogens is 286 g/mol. The smallest absolute Gasteiger partial charge is 0.251 e. The van der Waals surface area contributed by atoms with Crippen LogP contribution in [0.2, 0.25) is 0 Å². The summed E-state index contributed by atoms with van der Waals surface area (Å²) in [4.78, 5) is 14.4. The van der Waals surface area contributed by atoms with E-state index in [1.54, 1.807) is 19.2 Å². The van der Waals surface area contributed by atoms with Crippen LogP contribution in [-0.2, 0) is 0 Å². The van der Waals surface area contributed by atoms with Crippen molar-refractivity contribution in [1.82, 2.24) is 15.5 Å². The van der Waals surface area contributed by atoms with Gasteiger partial charge in [-0.25, -0.2) is 0 Å². The van der Waals surface area contributed by atoms with Crippen LogP contribution in [0.4, 0.5) is 0 Å². The van der Waals surface area contributed by atoms with Crippen LogP contribution < -0.4 is 15.4 Å². The van der Waals surface area contributed by atoms with Crippen LogP contribution in [0.1, 0.15) is 23.2 Å². The van der Waals surface area contributed by atoms with Gasteiger partial charge in [-0.15, -0.1) is 0 Å². The highest BCUT2D eigenvalue weighted by molar-refractivity contribution is 7.80. The lowest BCUT2D eigenvalue weighted by Crippen LogP contribution is -2.48. The molecule has 0 unspecified atom stereocenters. The third-order valence-corrected chi connectivity index (χ3v) is 4.13. The number of hydrogen-bond acceptors (Lipinski definition) is 3. The van der Waals surface area contributed by atoms with Crippen LogP contribution in [0.5, 0.6) is 5.75 Å². The van der Waals surface area contributed by atoms with Crippen molar-refractivity contribution < 1.29 is 9.53 Å². The van der Waals surface area contributed by atoms with Crippen LogP contribution in [0.15, 0.2) is 24.3 Å². The Morgan fingerprint density at radius 3 is 2.71 bits per heavy atom. The zero-order valence-corrected chi connectivity index (χ0v) is 13.2. The lowest BCUT2D eigenvalue weighted by Gasteiger charge is -2.33. The minimum Gasteiger partial charge on any atom is -0.497 e. The number of rotatable bonds is 3. The first-order valence-corrected chi connectivity index (χ1v) is 7.46. The predicted molar refractivity (Wildman–Crippen MR) is 86.7 cm³/mol. The average molecular weight is 307 g/mol. The van der Waals surface area contributed by atoms with Crippen LogP contribution in [0.25, 0.3) is 0 Å². The normalized spacial score (nSPS) is 15.4. The van der Waals surface area contributed by atoms with Crippen molar-refractivity contribution in [3.8, 4) is 5.75 Å². The molecule has 0 atom stereocenters. The van der Waals surface area contributed by atoms with Gasteiger partial charge in [0.2, 0.25) is 0 Å². The summed E-state index contributed by atoms with van der Waals surface area (Å²) in [6.45, 7) is 1.73. The number of likely N-dealkylation sites (tertiary alicyclic amines) is 1. The molecule has 0 saturated carbocycles. The van der Waals surface area contributed by atoms with Gasteiger partial charge in [-0.2, -0.15) is 0 Å². The van der Waals surface area contributed by atoms with E-state index < -0.39 is 0 Å². The first-order valence-electron chi connectivity index (χ1n) is 7.05. The maximum absolute atomic E-state index is 12.2. The molecule has 1 heterocycles. The van der Waals surface area contributed by atoms with Gasteiger partial charge in [0.1, 0.15) is 5.75 Å². The Kier molecular flexibility index (Phi) is 5.38. The lowest BCUT2D eigenvalue weighted by molar-refractivity contribution is 0.0922. The monoisotopic (exact) mass is 307 g/mol. The summed E-state index contributed by atoms with van der Waals surface area (Å²) in [6.07, 6.45) is 1.80. The van der Waals surface area contributed by atoms with E-state index in [0.29, 0.717) is 11.3 Å². The summed E-state index contributed by atoms with van der Waals surface area (Å²) in [6, 6.07) is 7.39. The van der Waals surface area contributed by atoms with Crippen molar-refractivity contribution in [2.24, 2.45) is 0 Å². The van der Waals surface area contributed by atoms with Gasteiger partial charge in [0.25, 0.3) is 5.91 Å². The molecule has 2 N–H and O–H groups in total. The van der Waals surface area contributed by atoms with Crippen LogP contribution in [-0.4, -0.2) is 49.2 Å². The van der Waals surface area contributed by atoms with Crippen molar-refractivity contribution in [2.75, 3.05) is 27.2 Å². The maximum atomic E-state index is 12.2. The van der Waals surface area contributed by atoms with Crippen molar-refractivity contribution in [3.05, 3.63) is 29.8 Å². The van der Waals surface area contributed by atoms with Crippen molar-refractivity contribution in [2.45, 2.75) is 18.9 Å². The molecule has 1 amide bonds. The second-order valence-electron chi connectivity index (χ2n) is 5.02. The van der Waals surface area contributed by atoms with Gasteiger partial charge in [-0.1, -0.05) is 6.07 Å². The molecule has 0 spiro atoms. The molecule has 2 rings (SSSR count). The number of carbonyl (C=O) groups excluding carboxylic acids is 1. The van der Waals surface area contributed by atoms with Crippen molar-refractivity contribution >= 4 is 23.2 Å². The highest BCUT2D eigenvalue weighted by Crippen LogP contribution is 2.14. The molecule has 0 radical (unpaired) electrons. The summed E-state index contributed by atoms with van der Waals surface area (Å²) in [5.74, 6) is 0.639. The highest BCUT2D eigenvalue weighted by atomic mass is 32.1. The standard InChI is InChI=1S/C15H21N3O2S/c1-16-15(21)18-8-6-12(7-9-18)17-14(19)11-4-3-5-13(10-11)20-2/h3-5,10,12H,6-9H2,1-2H3,(H,16,21)(H,17,19). The number of benzene rings is 1. The summed E-state index contributed by atoms with van der Waals surface area (Å²) in [5, 5.41) is 6.83. The number of hydrogen-bond donors (Lipinski definition) is 2. The van der Waals surface area contributed by atoms with Crippen LogP contribution in [0, 0.1) is 0 Å². The Morgan fingerprint density at radius 2 is 2.10 bits per heavy atom. The molecule has 21 heavy (non-hydrogen) atoms. The van der Waals surface area contributed by atoms with Gasteiger partial charge in [0, 0.05) is 31.7 Å². The number of carbonyl (C=O) groups is 1. The minimum atomic E-state index is -0.0523. The van der Waals surface area contributed by atoms with Gasteiger partial charge in [0.05, 0.1) is 7.11 Å². The predicted octanol–water partition coefficient (Wildman–Crippen LogP) is 1.39. The molecule has 1 fully saturated rings. The molecule has 0 aliphatic carbocycles. The highest BCUT2D eigenvalue weighted by Gasteiger charge is 2.22. The minimum absolute atomic E-state index is 0.0523. The molecule has 0 bridgehead atoms. The van der Waals surface area contributed by atoms with Crippen molar-refractivity contribution in [1.29, 1.82) is 0 Å². The summed E-state index contributed by atoms with van der Waals surface area (Å²) in [5.41, 5.74) is 0.627. The third-order valence-electron chi connectivity index (χ3n) is 3.66. The van der Waals surface area contributed by atoms with Gasteiger partial charge >= 0.3 is 0 Å². The molecular formula is C15H21N3O2S. The van der Waals surface area contributed by atoms with Gasteiger partial charge in [0.15, 0.2) is 5.11 Å². The molecule has 1 aromatic carbocycles. The molecule has 1 saturated heterocycles. The van der Waals surface area contributed by atoms with E-state index in [1.807, 2.05) is 19.2 Å². The topological polar surface area (TPSA) is 53.6 Å². The number of amides is 1. The van der Waals surface area contributed by atoms with E-state index in [4.69, 9.17) is 17.0 Å². The Bertz CT molecular complexity index is 513. The Hall–Kier alpha value is -1.82. The molecule has 114 valence electrons. The maximum Gasteiger partial charge on any atom is 0.251 e. The summed E-state index contributed by atoms with van der Waals surface area (Å²) >= 11 is 5.22. The molecule has 5 nitrogen and oxygen atoms in total. The number of nitrogens with one attached hydrogen (secondary N) is 2. The van der Waals surface area contributed by atoms with E-state index in [0.717, 1.165) is 31.0 Å². The van der Waals surface area contributed by atoms with E-state index >= 15 is 0 Å². The van der Waals surface area contributed by atoms with Crippen LogP contribution >= 0.6 is 12.2 Å². The first-order chi connectivity index (χ1) is 10.1. The zero-order valence-electron chi connectivity index (χ0n) is 12.4. The van der Waals surface area contributed by atoms with E-state index in [2.05, 4.69) is 15.5 Å². The lowest BCUT2D eigenvalue weighted by atomic mass is 10.0. The van der Waals surface area contributed by atoms with E-state index in [-0.39, 0.29) is 11.9 Å². The molecule has 1 aromatic rings. The van der Waals surface area contributed by atoms with Gasteiger partial charge in [-0.3, -0.25) is 4.79 Å². The zero-order chi connectivity index (χ0) is 15.2. The number of thiocarbonyl (C=S) groups is 1. The Balaban J connectivity index is 1.88. The van der Waals surface area contributed by atoms with E-state index in [1.165, 1.54) is 0 Å². The fourth-order valence-electron chi connectivity index (χ4n) is 2.42. The van der Waals surface area contributed by atoms with E-state index in [9.17, 15) is 4.79 Å². The number of piperidine rings is 1. The quantitative estimate of drug-likeness (QED) is 0.827. The van der Waals surface area contributed by atoms with Crippen LogP contribution in [0.3, 0.4) is 0 Å². The molecule has 1 aliphatic rings. The van der Waals surface area contributed by atoms with Gasteiger partial charge < -0.3 is 20.3 Å². The largest absolute Gasteiger partial charge is 0.497 e. The second kappa shape index (κ2) is 7.26. The number of methoxy groups -OCH3 is 1. The molecule has 0 aromatic heterocycles. The fraction of sp³-hybridized carbons (Fsp3) is 0.467. The fourth-order valence-corrected chi connectivity index (χ4v) is 2.60. The Morgan fingerprint density at radius 1 is 1.38 bits per heavy atom. The third kappa shape index (κ3) is 4.07. The number of ether oxygens (including phenoxy) is 1. The molecule has 1 aliphatic heterocycles. The summed E-state index contributed by atoms with van der Waals surface area (Å²) < 4.78 is 5.14. The Labute approximate surface area is 130 Å². The first kappa shape index (κ1) is 15.6. The SMILES string of the molecule is CNC(=S)N1CCC(NC(=O)c2cccc(OC)c2)CC1. The second-order valence-corrected chi connectivity index (χ2v) is 5.41.